The summed E-state index contributed by atoms with van der Waals surface area (Å²) in [5, 5.41) is 15.4. The predicted molar refractivity (Wildman–Crippen MR) is 98.8 cm³/mol. The number of phenolic OH excluding ortho intramolecular Hbond substituents is 1. The molecule has 27 heavy (non-hydrogen) atoms. The Hall–Kier alpha value is -2.90. The Kier molecular flexibility index (Phi) is 6.92. The summed E-state index contributed by atoms with van der Waals surface area (Å²) >= 11 is 0. The van der Waals surface area contributed by atoms with Crippen molar-refractivity contribution >= 4 is 12.0 Å². The van der Waals surface area contributed by atoms with Crippen molar-refractivity contribution in [1.29, 1.82) is 0 Å². The van der Waals surface area contributed by atoms with Crippen LogP contribution < -0.4 is 20.1 Å². The summed E-state index contributed by atoms with van der Waals surface area (Å²) in [6, 6.07) is 1.89. The van der Waals surface area contributed by atoms with Gasteiger partial charge >= 0.3 is 12.0 Å². The van der Waals surface area contributed by atoms with Gasteiger partial charge in [0.15, 0.2) is 11.5 Å². The van der Waals surface area contributed by atoms with Crippen LogP contribution in [0.3, 0.4) is 0 Å². The van der Waals surface area contributed by atoms with Crippen LogP contribution in [0.15, 0.2) is 23.4 Å². The Labute approximate surface area is 158 Å². The van der Waals surface area contributed by atoms with Gasteiger partial charge in [-0.1, -0.05) is 19.8 Å². The minimum atomic E-state index is -0.763. The smallest absolute Gasteiger partial charge is 0.338 e. The molecule has 1 aromatic rings. The predicted octanol–water partition coefficient (Wildman–Crippen LogP) is 2.77. The molecule has 8 heteroatoms. The van der Waals surface area contributed by atoms with Gasteiger partial charge in [-0.3, -0.25) is 0 Å². The third kappa shape index (κ3) is 4.64. The second-order valence-electron chi connectivity index (χ2n) is 6.19. The van der Waals surface area contributed by atoms with E-state index in [-0.39, 0.29) is 17.2 Å². The molecule has 0 aliphatic carbocycles. The van der Waals surface area contributed by atoms with Crippen molar-refractivity contribution in [3.05, 3.63) is 29.0 Å². The van der Waals surface area contributed by atoms with Gasteiger partial charge in [-0.2, -0.15) is 0 Å². The Bertz CT molecular complexity index is 719. The zero-order valence-corrected chi connectivity index (χ0v) is 16.0. The van der Waals surface area contributed by atoms with Gasteiger partial charge in [0, 0.05) is 5.70 Å². The van der Waals surface area contributed by atoms with Gasteiger partial charge in [-0.25, -0.2) is 9.59 Å². The number of hydrogen-bond donors (Lipinski definition) is 3. The molecule has 2 rings (SSSR count). The summed E-state index contributed by atoms with van der Waals surface area (Å²) in [5.41, 5.74) is 1.23. The van der Waals surface area contributed by atoms with Crippen molar-refractivity contribution in [1.82, 2.24) is 10.6 Å². The number of amides is 2. The lowest BCUT2D eigenvalue weighted by Crippen LogP contribution is -2.45. The summed E-state index contributed by atoms with van der Waals surface area (Å²) in [7, 11) is 2.81. The number of methoxy groups -OCH3 is 2. The zero-order chi connectivity index (χ0) is 20.0. The van der Waals surface area contributed by atoms with Crippen molar-refractivity contribution in [2.45, 2.75) is 39.2 Å². The number of ether oxygens (including phenoxy) is 3. The molecule has 1 heterocycles. The number of esters is 1. The van der Waals surface area contributed by atoms with E-state index in [1.165, 1.54) is 14.2 Å². The van der Waals surface area contributed by atoms with Crippen LogP contribution in [0.25, 0.3) is 0 Å². The first-order valence-corrected chi connectivity index (χ1v) is 8.83. The second kappa shape index (κ2) is 9.16. The standard InChI is InChI=1S/C19H26N2O6/c1-5-6-7-8-27-18(23)15-11(2)20-19(24)21-16(15)12-9-13(25-3)17(22)14(10-12)26-4/h9-10,16,22H,5-8H2,1-4H3,(H2,20,21,24). The number of carbonyl (C=O) groups excluding carboxylic acids is 2. The van der Waals surface area contributed by atoms with Crippen LogP contribution in [-0.2, 0) is 9.53 Å². The molecule has 0 saturated heterocycles. The summed E-state index contributed by atoms with van der Waals surface area (Å²) in [5.74, 6) is -0.323. The number of urea groups is 1. The van der Waals surface area contributed by atoms with Gasteiger partial charge < -0.3 is 30.0 Å². The lowest BCUT2D eigenvalue weighted by Gasteiger charge is -2.28. The molecule has 0 radical (unpaired) electrons. The first kappa shape index (κ1) is 20.4. The number of benzene rings is 1. The number of allylic oxidation sites excluding steroid dienone is 1. The SMILES string of the molecule is CCCCCOC(=O)C1=C(C)NC(=O)NC1c1cc(OC)c(O)c(OC)c1. The molecule has 1 aliphatic heterocycles. The van der Waals surface area contributed by atoms with Crippen LogP contribution in [0, 0.1) is 0 Å². The highest BCUT2D eigenvalue weighted by molar-refractivity contribution is 5.95. The van der Waals surface area contributed by atoms with Gasteiger partial charge in [0.25, 0.3) is 0 Å². The third-order valence-corrected chi connectivity index (χ3v) is 4.31. The first-order valence-electron chi connectivity index (χ1n) is 8.83. The van der Waals surface area contributed by atoms with E-state index < -0.39 is 18.0 Å². The fourth-order valence-electron chi connectivity index (χ4n) is 2.89. The molecule has 1 aromatic carbocycles. The second-order valence-corrected chi connectivity index (χ2v) is 6.19. The maximum absolute atomic E-state index is 12.7. The minimum Gasteiger partial charge on any atom is -0.502 e. The normalized spacial score (nSPS) is 16.4. The number of nitrogens with one attached hydrogen (secondary N) is 2. The monoisotopic (exact) mass is 378 g/mol. The molecule has 2 amide bonds. The molecule has 0 saturated carbocycles. The summed E-state index contributed by atoms with van der Waals surface area (Å²) < 4.78 is 15.7. The molecule has 0 spiro atoms. The molecule has 0 fully saturated rings. The molecule has 0 aromatic heterocycles. The molecular formula is C19H26N2O6. The number of rotatable bonds is 8. The van der Waals surface area contributed by atoms with E-state index in [1.54, 1.807) is 19.1 Å². The maximum atomic E-state index is 12.7. The van der Waals surface area contributed by atoms with Gasteiger partial charge in [0.1, 0.15) is 0 Å². The third-order valence-electron chi connectivity index (χ3n) is 4.31. The average molecular weight is 378 g/mol. The van der Waals surface area contributed by atoms with Gasteiger partial charge in [-0.15, -0.1) is 0 Å². The lowest BCUT2D eigenvalue weighted by molar-refractivity contribution is -0.139. The van der Waals surface area contributed by atoms with Crippen LogP contribution in [0.4, 0.5) is 4.79 Å². The summed E-state index contributed by atoms with van der Waals surface area (Å²) in [4.78, 5) is 24.6. The molecule has 148 valence electrons. The Morgan fingerprint density at radius 1 is 1.19 bits per heavy atom. The topological polar surface area (TPSA) is 106 Å². The Balaban J connectivity index is 2.39. The largest absolute Gasteiger partial charge is 0.502 e. The summed E-state index contributed by atoms with van der Waals surface area (Å²) in [6.07, 6.45) is 2.77. The van der Waals surface area contributed by atoms with Gasteiger partial charge in [-0.05, 0) is 31.0 Å². The number of carbonyl (C=O) groups is 2. The number of unbranched alkanes of at least 4 members (excludes halogenated alkanes) is 2. The molecule has 0 bridgehead atoms. The summed E-state index contributed by atoms with van der Waals surface area (Å²) in [6.45, 7) is 4.02. The molecule has 8 nitrogen and oxygen atoms in total. The van der Waals surface area contributed by atoms with Crippen LogP contribution in [0.5, 0.6) is 17.2 Å². The van der Waals surface area contributed by atoms with E-state index in [0.717, 1.165) is 19.3 Å². The quantitative estimate of drug-likeness (QED) is 0.474. The molecule has 1 unspecified atom stereocenters. The van der Waals surface area contributed by atoms with Crippen LogP contribution in [-0.4, -0.2) is 37.9 Å². The highest BCUT2D eigenvalue weighted by Gasteiger charge is 2.33. The first-order chi connectivity index (χ1) is 12.9. The molecule has 1 aliphatic rings. The van der Waals surface area contributed by atoms with Crippen molar-refractivity contribution in [3.63, 3.8) is 0 Å². The van der Waals surface area contributed by atoms with Crippen molar-refractivity contribution in [2.24, 2.45) is 0 Å². The minimum absolute atomic E-state index is 0.159. The zero-order valence-electron chi connectivity index (χ0n) is 16.0. The average Bonchev–Trinajstić information content (AvgIpc) is 2.64. The van der Waals surface area contributed by atoms with Crippen LogP contribution in [0.2, 0.25) is 0 Å². The van der Waals surface area contributed by atoms with Crippen molar-refractivity contribution in [2.75, 3.05) is 20.8 Å². The highest BCUT2D eigenvalue weighted by atomic mass is 16.5. The van der Waals surface area contributed by atoms with E-state index in [4.69, 9.17) is 14.2 Å². The lowest BCUT2D eigenvalue weighted by atomic mass is 9.95. The van der Waals surface area contributed by atoms with Crippen molar-refractivity contribution < 1.29 is 28.9 Å². The fraction of sp³-hybridized carbons (Fsp3) is 0.474. The Morgan fingerprint density at radius 3 is 2.37 bits per heavy atom. The van der Waals surface area contributed by atoms with E-state index >= 15 is 0 Å². The fourth-order valence-corrected chi connectivity index (χ4v) is 2.89. The van der Waals surface area contributed by atoms with Gasteiger partial charge in [0.05, 0.1) is 32.4 Å². The number of aromatic hydroxyl groups is 1. The number of hydrogen-bond acceptors (Lipinski definition) is 6. The van der Waals surface area contributed by atoms with E-state index in [0.29, 0.717) is 23.4 Å². The molecule has 3 N–H and O–H groups in total. The van der Waals surface area contributed by atoms with Crippen molar-refractivity contribution in [3.8, 4) is 17.2 Å². The maximum Gasteiger partial charge on any atom is 0.338 e. The van der Waals surface area contributed by atoms with E-state index in [2.05, 4.69) is 17.6 Å². The number of phenols is 1. The van der Waals surface area contributed by atoms with Crippen LogP contribution in [0.1, 0.15) is 44.7 Å². The highest BCUT2D eigenvalue weighted by Crippen LogP contribution is 2.40. The molecule has 1 atom stereocenters. The van der Waals surface area contributed by atoms with E-state index in [9.17, 15) is 14.7 Å². The van der Waals surface area contributed by atoms with Crippen LogP contribution >= 0.6 is 0 Å². The van der Waals surface area contributed by atoms with E-state index in [1.807, 2.05) is 0 Å². The Morgan fingerprint density at radius 2 is 1.81 bits per heavy atom. The molecular weight excluding hydrogens is 352 g/mol. The van der Waals surface area contributed by atoms with Gasteiger partial charge in [0.2, 0.25) is 5.75 Å².